The molecule has 0 aliphatic carbocycles. The lowest BCUT2D eigenvalue weighted by atomic mass is 9.92. The molecule has 0 spiro atoms. The van der Waals surface area contributed by atoms with E-state index < -0.39 is 30.2 Å². The number of para-hydroxylation sites is 1. The fourth-order valence-electron chi connectivity index (χ4n) is 2.93. The highest BCUT2D eigenvalue weighted by Crippen LogP contribution is 2.32. The fraction of sp³-hybridized carbons (Fsp3) is 0.364. The molecular formula is C22H25F3N2O3. The lowest BCUT2D eigenvalue weighted by Gasteiger charge is -2.20. The third-order valence-electron chi connectivity index (χ3n) is 4.46. The van der Waals surface area contributed by atoms with Crippen LogP contribution < -0.4 is 10.8 Å². The molecule has 0 radical (unpaired) electrons. The van der Waals surface area contributed by atoms with Gasteiger partial charge in [0.15, 0.2) is 6.61 Å². The van der Waals surface area contributed by atoms with Gasteiger partial charge in [0.05, 0.1) is 5.56 Å². The first-order chi connectivity index (χ1) is 14.0. The van der Waals surface area contributed by atoms with Crippen LogP contribution in [0.25, 0.3) is 0 Å². The van der Waals surface area contributed by atoms with Crippen molar-refractivity contribution in [1.29, 1.82) is 0 Å². The highest BCUT2D eigenvalue weighted by molar-refractivity contribution is 5.95. The Balaban J connectivity index is 2.00. The van der Waals surface area contributed by atoms with E-state index in [1.807, 2.05) is 51.4 Å². The molecule has 30 heavy (non-hydrogen) atoms. The summed E-state index contributed by atoms with van der Waals surface area (Å²) in [6, 6.07) is 9.73. The number of hydrogen-bond donors (Lipinski definition) is 2. The van der Waals surface area contributed by atoms with Crippen LogP contribution in [0.1, 0.15) is 66.6 Å². The van der Waals surface area contributed by atoms with Gasteiger partial charge in [-0.2, -0.15) is 13.2 Å². The van der Waals surface area contributed by atoms with Gasteiger partial charge < -0.3 is 5.32 Å². The van der Waals surface area contributed by atoms with E-state index in [0.29, 0.717) is 11.8 Å². The maximum atomic E-state index is 12.8. The van der Waals surface area contributed by atoms with Gasteiger partial charge in [-0.25, -0.2) is 5.48 Å². The van der Waals surface area contributed by atoms with Crippen LogP contribution in [-0.4, -0.2) is 18.4 Å². The molecule has 8 heteroatoms. The lowest BCUT2D eigenvalue weighted by Crippen LogP contribution is -2.29. The van der Waals surface area contributed by atoms with Crippen LogP contribution in [0.3, 0.4) is 0 Å². The first-order valence-corrected chi connectivity index (χ1v) is 9.52. The number of hydroxylamine groups is 1. The molecule has 0 unspecified atom stereocenters. The van der Waals surface area contributed by atoms with Gasteiger partial charge in [0.1, 0.15) is 0 Å². The van der Waals surface area contributed by atoms with Crippen molar-refractivity contribution in [2.45, 2.75) is 45.7 Å². The zero-order valence-corrected chi connectivity index (χ0v) is 17.3. The number of alkyl halides is 3. The second kappa shape index (κ2) is 9.75. The van der Waals surface area contributed by atoms with Crippen molar-refractivity contribution >= 4 is 17.5 Å². The monoisotopic (exact) mass is 422 g/mol. The minimum Gasteiger partial charge on any atom is -0.323 e. The van der Waals surface area contributed by atoms with Crippen LogP contribution in [0.5, 0.6) is 0 Å². The van der Waals surface area contributed by atoms with Crippen LogP contribution >= 0.6 is 0 Å². The average Bonchev–Trinajstić information content (AvgIpc) is 2.67. The Hall–Kier alpha value is -2.87. The van der Waals surface area contributed by atoms with E-state index in [4.69, 9.17) is 4.84 Å². The molecule has 0 aliphatic heterocycles. The van der Waals surface area contributed by atoms with E-state index in [1.165, 1.54) is 6.07 Å². The first-order valence-electron chi connectivity index (χ1n) is 9.52. The summed E-state index contributed by atoms with van der Waals surface area (Å²) in [5.74, 6) is -1.00. The number of benzene rings is 2. The van der Waals surface area contributed by atoms with Gasteiger partial charge in [0.2, 0.25) is 0 Å². The minimum absolute atomic E-state index is 0.181. The molecule has 0 fully saturated rings. The van der Waals surface area contributed by atoms with Gasteiger partial charge in [-0.05, 0) is 41.2 Å². The van der Waals surface area contributed by atoms with E-state index in [1.54, 1.807) is 0 Å². The summed E-state index contributed by atoms with van der Waals surface area (Å²) in [6.45, 7) is 7.57. The number of rotatable bonds is 7. The van der Waals surface area contributed by atoms with Crippen molar-refractivity contribution in [2.75, 3.05) is 11.9 Å². The standard InChI is InChI=1S/C22H25F3N2O3/c1-13(2)17-9-6-10-18(14(3)4)20(17)26-19(28)12-30-27-21(29)15-7-5-8-16(11-15)22(23,24)25/h5-11,13-14H,12H2,1-4H3,(H,26,28)(H,27,29). The van der Waals surface area contributed by atoms with Crippen LogP contribution in [-0.2, 0) is 15.8 Å². The fourth-order valence-corrected chi connectivity index (χ4v) is 2.93. The van der Waals surface area contributed by atoms with E-state index in [-0.39, 0.29) is 17.4 Å². The van der Waals surface area contributed by atoms with Crippen molar-refractivity contribution in [1.82, 2.24) is 5.48 Å². The molecule has 2 aromatic carbocycles. The molecule has 2 amide bonds. The molecular weight excluding hydrogens is 397 g/mol. The number of halogens is 3. The van der Waals surface area contributed by atoms with Crippen LogP contribution in [0, 0.1) is 0 Å². The Kier molecular flexibility index (Phi) is 7.61. The molecule has 0 aromatic heterocycles. The maximum Gasteiger partial charge on any atom is 0.416 e. The minimum atomic E-state index is -4.56. The highest BCUT2D eigenvalue weighted by atomic mass is 19.4. The molecule has 5 nitrogen and oxygen atoms in total. The summed E-state index contributed by atoms with van der Waals surface area (Å²) in [6.07, 6.45) is -4.56. The molecule has 0 atom stereocenters. The molecule has 2 N–H and O–H groups in total. The Morgan fingerprint density at radius 1 is 0.967 bits per heavy atom. The molecule has 0 heterocycles. The Morgan fingerprint density at radius 2 is 1.53 bits per heavy atom. The van der Waals surface area contributed by atoms with Crippen molar-refractivity contribution in [3.8, 4) is 0 Å². The van der Waals surface area contributed by atoms with Gasteiger partial charge >= 0.3 is 6.18 Å². The largest absolute Gasteiger partial charge is 0.416 e. The van der Waals surface area contributed by atoms with Gasteiger partial charge in [-0.3, -0.25) is 14.4 Å². The molecule has 0 aliphatic rings. The predicted molar refractivity (Wildman–Crippen MR) is 108 cm³/mol. The smallest absolute Gasteiger partial charge is 0.323 e. The Bertz CT molecular complexity index is 882. The second-order valence-corrected chi connectivity index (χ2v) is 7.47. The number of nitrogens with one attached hydrogen (secondary N) is 2. The number of amides is 2. The summed E-state index contributed by atoms with van der Waals surface area (Å²) in [5, 5.41) is 2.82. The molecule has 0 bridgehead atoms. The molecule has 2 aromatic rings. The topological polar surface area (TPSA) is 67.4 Å². The molecule has 0 saturated carbocycles. The molecule has 162 valence electrons. The Morgan fingerprint density at radius 3 is 2.07 bits per heavy atom. The van der Waals surface area contributed by atoms with Crippen LogP contribution in [0.2, 0.25) is 0 Å². The summed E-state index contributed by atoms with van der Waals surface area (Å²) in [4.78, 5) is 29.3. The van der Waals surface area contributed by atoms with Crippen LogP contribution in [0.15, 0.2) is 42.5 Å². The maximum absolute atomic E-state index is 12.8. The zero-order chi connectivity index (χ0) is 22.5. The zero-order valence-electron chi connectivity index (χ0n) is 17.3. The van der Waals surface area contributed by atoms with Gasteiger partial charge in [-0.15, -0.1) is 0 Å². The molecule has 0 saturated heterocycles. The lowest BCUT2D eigenvalue weighted by molar-refractivity contribution is -0.137. The number of carbonyl (C=O) groups excluding carboxylic acids is 2. The normalized spacial score (nSPS) is 11.6. The number of hydrogen-bond acceptors (Lipinski definition) is 3. The number of carbonyl (C=O) groups is 2. The quantitative estimate of drug-likeness (QED) is 0.599. The van der Waals surface area contributed by atoms with Gasteiger partial charge in [-0.1, -0.05) is 52.0 Å². The molecule has 2 rings (SSSR count). The Labute approximate surface area is 173 Å². The second-order valence-electron chi connectivity index (χ2n) is 7.47. The van der Waals surface area contributed by atoms with E-state index in [9.17, 15) is 22.8 Å². The van der Waals surface area contributed by atoms with Crippen LogP contribution in [0.4, 0.5) is 18.9 Å². The van der Waals surface area contributed by atoms with E-state index in [0.717, 1.165) is 23.3 Å². The van der Waals surface area contributed by atoms with Gasteiger partial charge in [0.25, 0.3) is 11.8 Å². The van der Waals surface area contributed by atoms with Crippen molar-refractivity contribution in [3.05, 3.63) is 64.7 Å². The van der Waals surface area contributed by atoms with E-state index in [2.05, 4.69) is 5.32 Å². The first kappa shape index (κ1) is 23.4. The van der Waals surface area contributed by atoms with Crippen molar-refractivity contribution in [2.24, 2.45) is 0 Å². The van der Waals surface area contributed by atoms with E-state index >= 15 is 0 Å². The SMILES string of the molecule is CC(C)c1cccc(C(C)C)c1NC(=O)CONC(=O)c1cccc(C(F)(F)F)c1. The summed E-state index contributed by atoms with van der Waals surface area (Å²) < 4.78 is 38.3. The predicted octanol–water partition coefficient (Wildman–Crippen LogP) is 5.25. The third kappa shape index (κ3) is 6.06. The third-order valence-corrected chi connectivity index (χ3v) is 4.46. The summed E-state index contributed by atoms with van der Waals surface area (Å²) >= 11 is 0. The highest BCUT2D eigenvalue weighted by Gasteiger charge is 2.30. The number of anilines is 1. The average molecular weight is 422 g/mol. The van der Waals surface area contributed by atoms with Crippen molar-refractivity contribution < 1.29 is 27.6 Å². The van der Waals surface area contributed by atoms with Crippen molar-refractivity contribution in [3.63, 3.8) is 0 Å². The summed E-state index contributed by atoms with van der Waals surface area (Å²) in [7, 11) is 0. The van der Waals surface area contributed by atoms with Gasteiger partial charge in [0, 0.05) is 11.3 Å². The summed E-state index contributed by atoms with van der Waals surface area (Å²) in [5.41, 5.74) is 3.49.